The molecule has 19 heavy (non-hydrogen) atoms. The molecule has 9 heteroatoms. The topological polar surface area (TPSA) is 38.7 Å². The molecule has 0 fully saturated rings. The maximum absolute atomic E-state index is 12.6. The van der Waals surface area contributed by atoms with Gasteiger partial charge in [-0.1, -0.05) is 23.1 Å². The average Bonchev–Trinajstić information content (AvgIpc) is 2.97. The molecule has 2 aromatic rings. The van der Waals surface area contributed by atoms with Gasteiger partial charge in [-0.05, 0) is 6.92 Å². The van der Waals surface area contributed by atoms with Gasteiger partial charge < -0.3 is 0 Å². The summed E-state index contributed by atoms with van der Waals surface area (Å²) in [7, 11) is 0. The molecule has 0 aliphatic carbocycles. The normalized spacial score (nSPS) is 10.7. The SMILES string of the molecule is Cc1nc(-c2nnc(SCCC(F)=C(F)F)s2)cs1. The predicted octanol–water partition coefficient (Wildman–Crippen LogP) is 4.53. The first-order valence-electron chi connectivity index (χ1n) is 5.14. The zero-order valence-corrected chi connectivity index (χ0v) is 12.1. The van der Waals surface area contributed by atoms with Crippen LogP contribution in [0.1, 0.15) is 11.4 Å². The average molecular weight is 323 g/mol. The van der Waals surface area contributed by atoms with Crippen LogP contribution >= 0.6 is 34.4 Å². The summed E-state index contributed by atoms with van der Waals surface area (Å²) in [5, 5.41) is 11.4. The van der Waals surface area contributed by atoms with Gasteiger partial charge in [0.2, 0.25) is 0 Å². The first-order chi connectivity index (χ1) is 9.06. The van der Waals surface area contributed by atoms with E-state index in [-0.39, 0.29) is 12.2 Å². The van der Waals surface area contributed by atoms with Crippen molar-refractivity contribution >= 4 is 34.4 Å². The summed E-state index contributed by atoms with van der Waals surface area (Å²) < 4.78 is 36.9. The molecule has 0 unspecified atom stereocenters. The maximum Gasteiger partial charge on any atom is 0.301 e. The van der Waals surface area contributed by atoms with Gasteiger partial charge in [0.15, 0.2) is 15.2 Å². The lowest BCUT2D eigenvalue weighted by molar-refractivity contribution is 0.373. The molecule has 0 saturated carbocycles. The Balaban J connectivity index is 1.93. The molecule has 0 spiro atoms. The molecule has 0 bridgehead atoms. The predicted molar refractivity (Wildman–Crippen MR) is 71.4 cm³/mol. The second-order valence-corrected chi connectivity index (χ2v) is 6.77. The number of thioether (sulfide) groups is 1. The smallest absolute Gasteiger partial charge is 0.239 e. The van der Waals surface area contributed by atoms with Crippen LogP contribution < -0.4 is 0 Å². The van der Waals surface area contributed by atoms with E-state index >= 15 is 0 Å². The Morgan fingerprint density at radius 2 is 2.11 bits per heavy atom. The summed E-state index contributed by atoms with van der Waals surface area (Å²) >= 11 is 4.04. The fourth-order valence-electron chi connectivity index (χ4n) is 1.16. The first-order valence-corrected chi connectivity index (χ1v) is 7.83. The molecule has 3 nitrogen and oxygen atoms in total. The molecule has 0 radical (unpaired) electrons. The van der Waals surface area contributed by atoms with Gasteiger partial charge in [0, 0.05) is 17.6 Å². The molecule has 2 heterocycles. The van der Waals surface area contributed by atoms with E-state index in [1.165, 1.54) is 34.4 Å². The van der Waals surface area contributed by atoms with E-state index in [9.17, 15) is 13.2 Å². The largest absolute Gasteiger partial charge is 0.301 e. The third-order valence-electron chi connectivity index (χ3n) is 2.00. The highest BCUT2D eigenvalue weighted by Crippen LogP contribution is 2.30. The summed E-state index contributed by atoms with van der Waals surface area (Å²) in [5.74, 6) is -1.17. The van der Waals surface area contributed by atoms with Gasteiger partial charge in [-0.25, -0.2) is 9.37 Å². The van der Waals surface area contributed by atoms with E-state index in [1.54, 1.807) is 0 Å². The monoisotopic (exact) mass is 323 g/mol. The van der Waals surface area contributed by atoms with Crippen molar-refractivity contribution in [2.45, 2.75) is 17.7 Å². The standard InChI is InChI=1S/C10H8F3N3S3/c1-5-14-7(4-18-5)9-15-16-10(19-9)17-3-2-6(11)8(12)13/h4H,2-3H2,1H3. The molecule has 0 N–H and O–H groups in total. The van der Waals surface area contributed by atoms with Crippen molar-refractivity contribution in [2.24, 2.45) is 0 Å². The lowest BCUT2D eigenvalue weighted by Gasteiger charge is -1.94. The molecule has 0 aliphatic rings. The number of allylic oxidation sites excluding steroid dienone is 1. The van der Waals surface area contributed by atoms with Gasteiger partial charge in [-0.3, -0.25) is 0 Å². The molecule has 0 atom stereocenters. The summed E-state index contributed by atoms with van der Waals surface area (Å²) in [6.45, 7) is 1.89. The van der Waals surface area contributed by atoms with Crippen LogP contribution in [0.3, 0.4) is 0 Å². The van der Waals surface area contributed by atoms with E-state index in [2.05, 4.69) is 15.2 Å². The summed E-state index contributed by atoms with van der Waals surface area (Å²) in [6, 6.07) is 0. The third kappa shape index (κ3) is 4.02. The number of halogens is 3. The molecule has 0 saturated heterocycles. The van der Waals surface area contributed by atoms with Crippen molar-refractivity contribution in [3.05, 3.63) is 22.3 Å². The van der Waals surface area contributed by atoms with E-state index < -0.39 is 11.9 Å². The zero-order valence-electron chi connectivity index (χ0n) is 9.69. The van der Waals surface area contributed by atoms with Gasteiger partial charge in [-0.15, -0.1) is 21.5 Å². The van der Waals surface area contributed by atoms with Crippen LogP contribution in [0.5, 0.6) is 0 Å². The molecule has 2 rings (SSSR count). The number of thiazole rings is 1. The van der Waals surface area contributed by atoms with E-state index in [1.807, 2.05) is 12.3 Å². The Kier molecular flexibility index (Phi) is 4.94. The van der Waals surface area contributed by atoms with Crippen LogP contribution in [0, 0.1) is 6.92 Å². The first kappa shape index (κ1) is 14.5. The van der Waals surface area contributed by atoms with Crippen molar-refractivity contribution in [3.8, 4) is 10.7 Å². The number of aryl methyl sites for hydroxylation is 1. The highest BCUT2D eigenvalue weighted by Gasteiger charge is 2.11. The van der Waals surface area contributed by atoms with Crippen molar-refractivity contribution < 1.29 is 13.2 Å². The lowest BCUT2D eigenvalue weighted by atomic mass is 10.4. The molecule has 0 aromatic carbocycles. The molecular formula is C10H8F3N3S3. The Bertz CT molecular complexity index is 590. The Morgan fingerprint density at radius 1 is 1.32 bits per heavy atom. The van der Waals surface area contributed by atoms with E-state index in [0.29, 0.717) is 9.35 Å². The maximum atomic E-state index is 12.6. The molecule has 2 aromatic heterocycles. The fraction of sp³-hybridized carbons (Fsp3) is 0.300. The van der Waals surface area contributed by atoms with E-state index in [0.717, 1.165) is 10.7 Å². The second-order valence-electron chi connectivity index (χ2n) is 3.39. The van der Waals surface area contributed by atoms with Gasteiger partial charge in [0.1, 0.15) is 5.69 Å². The Hall–Kier alpha value is -0.930. The third-order valence-corrected chi connectivity index (χ3v) is 4.85. The van der Waals surface area contributed by atoms with Gasteiger partial charge in [-0.2, -0.15) is 8.78 Å². The van der Waals surface area contributed by atoms with Gasteiger partial charge in [0.05, 0.1) is 5.01 Å². The molecule has 102 valence electrons. The number of hydrogen-bond donors (Lipinski definition) is 0. The number of hydrogen-bond acceptors (Lipinski definition) is 6. The minimum atomic E-state index is -2.25. The zero-order chi connectivity index (χ0) is 13.8. The summed E-state index contributed by atoms with van der Waals surface area (Å²) in [5.41, 5.74) is 0.757. The van der Waals surface area contributed by atoms with Crippen molar-refractivity contribution in [1.29, 1.82) is 0 Å². The molecule has 0 aliphatic heterocycles. The van der Waals surface area contributed by atoms with Crippen molar-refractivity contribution in [1.82, 2.24) is 15.2 Å². The fourth-order valence-corrected chi connectivity index (χ4v) is 3.64. The van der Waals surface area contributed by atoms with Gasteiger partial charge in [0.25, 0.3) is 0 Å². The van der Waals surface area contributed by atoms with Crippen molar-refractivity contribution in [3.63, 3.8) is 0 Å². The molecule has 0 amide bonds. The highest BCUT2D eigenvalue weighted by atomic mass is 32.2. The number of nitrogens with zero attached hydrogens (tertiary/aromatic N) is 3. The lowest BCUT2D eigenvalue weighted by Crippen LogP contribution is -1.82. The quantitative estimate of drug-likeness (QED) is 0.758. The van der Waals surface area contributed by atoms with Crippen LogP contribution in [0.25, 0.3) is 10.7 Å². The second kappa shape index (κ2) is 6.49. The molecular weight excluding hydrogens is 315 g/mol. The van der Waals surface area contributed by atoms with Gasteiger partial charge >= 0.3 is 6.08 Å². The number of aromatic nitrogens is 3. The van der Waals surface area contributed by atoms with Crippen LogP contribution in [0.4, 0.5) is 13.2 Å². The highest BCUT2D eigenvalue weighted by molar-refractivity contribution is 8.01. The summed E-state index contributed by atoms with van der Waals surface area (Å²) in [6.07, 6.45) is -2.56. The van der Waals surface area contributed by atoms with Crippen LogP contribution in [0.15, 0.2) is 21.6 Å². The Morgan fingerprint density at radius 3 is 2.74 bits per heavy atom. The minimum Gasteiger partial charge on any atom is -0.239 e. The Labute approximate surface area is 119 Å². The van der Waals surface area contributed by atoms with E-state index in [4.69, 9.17) is 0 Å². The van der Waals surface area contributed by atoms with Crippen LogP contribution in [-0.2, 0) is 0 Å². The summed E-state index contributed by atoms with van der Waals surface area (Å²) in [4.78, 5) is 4.28. The number of rotatable bonds is 5. The van der Waals surface area contributed by atoms with Crippen LogP contribution in [-0.4, -0.2) is 20.9 Å². The van der Waals surface area contributed by atoms with Crippen molar-refractivity contribution in [2.75, 3.05) is 5.75 Å². The minimum absolute atomic E-state index is 0.202. The van der Waals surface area contributed by atoms with Crippen LogP contribution in [0.2, 0.25) is 0 Å².